The predicted octanol–water partition coefficient (Wildman–Crippen LogP) is 2.84. The molecule has 2 aliphatic rings. The third-order valence-corrected chi connectivity index (χ3v) is 4.30. The van der Waals surface area contributed by atoms with Gasteiger partial charge in [-0.3, -0.25) is 0 Å². The fourth-order valence-electron chi connectivity index (χ4n) is 3.19. The van der Waals surface area contributed by atoms with Crippen molar-refractivity contribution in [2.45, 2.75) is 38.1 Å². The zero-order chi connectivity index (χ0) is 12.9. The van der Waals surface area contributed by atoms with E-state index < -0.39 is 0 Å². The fourth-order valence-corrected chi connectivity index (χ4v) is 3.19. The van der Waals surface area contributed by atoms with Gasteiger partial charge in [0, 0.05) is 25.7 Å². The molecule has 3 nitrogen and oxygen atoms in total. The maximum atomic E-state index is 3.66. The highest BCUT2D eigenvalue weighted by Gasteiger charge is 2.16. The Kier molecular flexibility index (Phi) is 4.23. The molecule has 0 radical (unpaired) electrons. The zero-order valence-electron chi connectivity index (χ0n) is 11.7. The van der Waals surface area contributed by atoms with E-state index in [4.69, 9.17) is 0 Å². The number of nitrogens with one attached hydrogen (secondary N) is 2. The Morgan fingerprint density at radius 2 is 1.95 bits per heavy atom. The van der Waals surface area contributed by atoms with Gasteiger partial charge in [-0.05, 0) is 44.4 Å². The predicted molar refractivity (Wildman–Crippen MR) is 82.0 cm³/mol. The molecule has 1 aromatic rings. The lowest BCUT2D eigenvalue weighted by atomic mass is 10.1. The Morgan fingerprint density at radius 1 is 1.11 bits per heavy atom. The van der Waals surface area contributed by atoms with Crippen molar-refractivity contribution in [3.05, 3.63) is 24.3 Å². The summed E-state index contributed by atoms with van der Waals surface area (Å²) in [6.07, 6.45) is 6.67. The second-order valence-electron chi connectivity index (χ2n) is 5.74. The molecule has 0 bridgehead atoms. The summed E-state index contributed by atoms with van der Waals surface area (Å²) in [5, 5.41) is 7.26. The molecule has 3 heteroatoms. The van der Waals surface area contributed by atoms with Gasteiger partial charge in [0.15, 0.2) is 0 Å². The Morgan fingerprint density at radius 3 is 2.74 bits per heavy atom. The van der Waals surface area contributed by atoms with Crippen molar-refractivity contribution in [2.24, 2.45) is 0 Å². The summed E-state index contributed by atoms with van der Waals surface area (Å²) in [4.78, 5) is 2.51. The van der Waals surface area contributed by atoms with Gasteiger partial charge in [0.25, 0.3) is 0 Å². The number of piperidine rings is 1. The number of hydrogen-bond donors (Lipinski definition) is 2. The van der Waals surface area contributed by atoms with Crippen molar-refractivity contribution in [3.8, 4) is 0 Å². The van der Waals surface area contributed by atoms with Crippen LogP contribution < -0.4 is 15.5 Å². The van der Waals surface area contributed by atoms with Gasteiger partial charge in [-0.15, -0.1) is 0 Å². The Hall–Kier alpha value is -1.22. The van der Waals surface area contributed by atoms with Crippen LogP contribution in [0.2, 0.25) is 0 Å². The molecule has 104 valence electrons. The molecule has 2 N–H and O–H groups in total. The van der Waals surface area contributed by atoms with Crippen LogP contribution in [-0.2, 0) is 0 Å². The number of nitrogens with zero attached hydrogens (tertiary/aromatic N) is 1. The summed E-state index contributed by atoms with van der Waals surface area (Å²) in [5.74, 6) is 0. The molecule has 3 rings (SSSR count). The molecule has 2 saturated heterocycles. The molecule has 0 saturated carbocycles. The van der Waals surface area contributed by atoms with E-state index in [2.05, 4.69) is 39.8 Å². The number of para-hydroxylation sites is 2. The zero-order valence-corrected chi connectivity index (χ0v) is 11.7. The lowest BCUT2D eigenvalue weighted by molar-refractivity contribution is 0.414. The largest absolute Gasteiger partial charge is 0.382 e. The number of anilines is 2. The van der Waals surface area contributed by atoms with Gasteiger partial charge >= 0.3 is 0 Å². The summed E-state index contributed by atoms with van der Waals surface area (Å²) in [6, 6.07) is 9.40. The van der Waals surface area contributed by atoms with Gasteiger partial charge in [0.2, 0.25) is 0 Å². The first-order valence-corrected chi connectivity index (χ1v) is 7.75. The summed E-state index contributed by atoms with van der Waals surface area (Å²) < 4.78 is 0. The number of rotatable bonds is 4. The minimum absolute atomic E-state index is 0.639. The van der Waals surface area contributed by atoms with Crippen LogP contribution in [0.4, 0.5) is 11.4 Å². The van der Waals surface area contributed by atoms with Gasteiger partial charge in [0.1, 0.15) is 0 Å². The van der Waals surface area contributed by atoms with Crippen LogP contribution >= 0.6 is 0 Å². The van der Waals surface area contributed by atoms with Crippen LogP contribution in [0.25, 0.3) is 0 Å². The summed E-state index contributed by atoms with van der Waals surface area (Å²) >= 11 is 0. The SMILES string of the molecule is c1ccc(N2CCCC2)c(NCC2CCCCN2)c1. The highest BCUT2D eigenvalue weighted by atomic mass is 15.2. The molecule has 2 fully saturated rings. The maximum absolute atomic E-state index is 3.66. The van der Waals surface area contributed by atoms with E-state index in [0.717, 1.165) is 6.54 Å². The first-order chi connectivity index (χ1) is 9.43. The average molecular weight is 259 g/mol. The van der Waals surface area contributed by atoms with Crippen molar-refractivity contribution < 1.29 is 0 Å². The van der Waals surface area contributed by atoms with E-state index in [9.17, 15) is 0 Å². The smallest absolute Gasteiger partial charge is 0.0602 e. The molecule has 2 heterocycles. The molecule has 1 unspecified atom stereocenters. The molecule has 0 aliphatic carbocycles. The van der Waals surface area contributed by atoms with Gasteiger partial charge in [0.05, 0.1) is 11.4 Å². The minimum atomic E-state index is 0.639. The molecule has 2 aliphatic heterocycles. The molecular formula is C16H25N3. The molecular weight excluding hydrogens is 234 g/mol. The van der Waals surface area contributed by atoms with E-state index in [1.54, 1.807) is 0 Å². The molecule has 19 heavy (non-hydrogen) atoms. The number of benzene rings is 1. The summed E-state index contributed by atoms with van der Waals surface area (Å²) in [7, 11) is 0. The third-order valence-electron chi connectivity index (χ3n) is 4.30. The van der Waals surface area contributed by atoms with Crippen molar-refractivity contribution in [3.63, 3.8) is 0 Å². The topological polar surface area (TPSA) is 27.3 Å². The van der Waals surface area contributed by atoms with Crippen LogP contribution in [-0.4, -0.2) is 32.2 Å². The van der Waals surface area contributed by atoms with Gasteiger partial charge in [-0.1, -0.05) is 18.6 Å². The highest BCUT2D eigenvalue weighted by Crippen LogP contribution is 2.28. The molecule has 0 amide bonds. The lowest BCUT2D eigenvalue weighted by Gasteiger charge is -2.26. The van der Waals surface area contributed by atoms with Gasteiger partial charge in [-0.2, -0.15) is 0 Å². The molecule has 1 atom stereocenters. The second kappa shape index (κ2) is 6.29. The molecule has 0 spiro atoms. The monoisotopic (exact) mass is 259 g/mol. The van der Waals surface area contributed by atoms with E-state index in [0.29, 0.717) is 6.04 Å². The van der Waals surface area contributed by atoms with Gasteiger partial charge in [-0.25, -0.2) is 0 Å². The van der Waals surface area contributed by atoms with Crippen LogP contribution in [0.3, 0.4) is 0 Å². The summed E-state index contributed by atoms with van der Waals surface area (Å²) in [6.45, 7) is 4.64. The van der Waals surface area contributed by atoms with Crippen LogP contribution in [0, 0.1) is 0 Å². The van der Waals surface area contributed by atoms with E-state index in [1.807, 2.05) is 0 Å². The van der Waals surface area contributed by atoms with Crippen molar-refractivity contribution in [2.75, 3.05) is 36.4 Å². The normalized spacial score (nSPS) is 23.6. The quantitative estimate of drug-likeness (QED) is 0.870. The first-order valence-electron chi connectivity index (χ1n) is 7.75. The van der Waals surface area contributed by atoms with Crippen LogP contribution in [0.15, 0.2) is 24.3 Å². The van der Waals surface area contributed by atoms with Crippen molar-refractivity contribution in [1.29, 1.82) is 0 Å². The Bertz CT molecular complexity index is 393. The van der Waals surface area contributed by atoms with E-state index in [-0.39, 0.29) is 0 Å². The van der Waals surface area contributed by atoms with Gasteiger partial charge < -0.3 is 15.5 Å². The van der Waals surface area contributed by atoms with Crippen LogP contribution in [0.5, 0.6) is 0 Å². The van der Waals surface area contributed by atoms with E-state index >= 15 is 0 Å². The maximum Gasteiger partial charge on any atom is 0.0602 e. The lowest BCUT2D eigenvalue weighted by Crippen LogP contribution is -2.39. The number of hydrogen-bond acceptors (Lipinski definition) is 3. The highest BCUT2D eigenvalue weighted by molar-refractivity contribution is 5.70. The molecule has 1 aromatic carbocycles. The van der Waals surface area contributed by atoms with Crippen molar-refractivity contribution >= 4 is 11.4 Å². The van der Waals surface area contributed by atoms with E-state index in [1.165, 1.54) is 63.1 Å². The van der Waals surface area contributed by atoms with Crippen molar-refractivity contribution in [1.82, 2.24) is 5.32 Å². The Balaban J connectivity index is 1.62. The summed E-state index contributed by atoms with van der Waals surface area (Å²) in [5.41, 5.74) is 2.69. The fraction of sp³-hybridized carbons (Fsp3) is 0.625. The second-order valence-corrected chi connectivity index (χ2v) is 5.74. The minimum Gasteiger partial charge on any atom is -0.382 e. The first kappa shape index (κ1) is 12.8. The van der Waals surface area contributed by atoms with Crippen LogP contribution in [0.1, 0.15) is 32.1 Å². The third kappa shape index (κ3) is 3.21. The standard InChI is InChI=1S/C16H25N3/c1-2-9-16(19-11-5-6-12-19)15(8-1)18-13-14-7-3-4-10-17-14/h1-2,8-9,14,17-18H,3-7,10-13H2. The average Bonchev–Trinajstić information content (AvgIpc) is 3.01. The molecule has 0 aromatic heterocycles. The Labute approximate surface area is 116 Å².